The van der Waals surface area contributed by atoms with Gasteiger partial charge in [0.2, 0.25) is 0 Å². The molecule has 434 valence electrons. The molecule has 0 saturated carbocycles. The summed E-state index contributed by atoms with van der Waals surface area (Å²) < 4.78 is 34.4. The van der Waals surface area contributed by atoms with E-state index < -0.39 is 12.2 Å². The summed E-state index contributed by atoms with van der Waals surface area (Å²) >= 11 is 13.2. The molecule has 0 unspecified atom stereocenters. The van der Waals surface area contributed by atoms with Crippen LogP contribution in [0, 0.1) is 10.8 Å². The fourth-order valence-electron chi connectivity index (χ4n) is 11.2. The Bertz CT molecular complexity index is 3530. The SMILES string of the molecule is O=Cc1ccc(-c2ccc(-c3nc4nc(O[C@@H]5CO[C@H]6[C@@H]5OC[C@H]6O)[nH]c4cc3Cl)cc2)cc1.OCC1(CO)CN(Cc2ccc(-c3ccc(-c4nc5nc(O[C@@H]6CO[C@H]7[C@@H]6OC[C@H]7O)[nH]c5cc4Cl)cc3)cc2)C1.OCC1(CO)CNC1. The average molecular weight is 1170 g/mol. The van der Waals surface area contributed by atoms with E-state index in [9.17, 15) is 25.2 Å². The molecule has 0 spiro atoms. The molecule has 6 fully saturated rings. The maximum atomic E-state index is 10.9. The lowest BCUT2D eigenvalue weighted by Gasteiger charge is -2.48. The van der Waals surface area contributed by atoms with Crippen LogP contribution in [-0.4, -0.2) is 200 Å². The lowest BCUT2D eigenvalue weighted by Crippen LogP contribution is -2.59. The molecule has 14 rings (SSSR count). The summed E-state index contributed by atoms with van der Waals surface area (Å²) in [4.78, 5) is 37.6. The number of aldehydes is 1. The van der Waals surface area contributed by atoms with Crippen molar-refractivity contribution in [1.29, 1.82) is 0 Å². The number of aliphatic hydroxyl groups is 6. The highest BCUT2D eigenvalue weighted by atomic mass is 35.5. The van der Waals surface area contributed by atoms with Gasteiger partial charge in [0.15, 0.2) is 23.5 Å². The van der Waals surface area contributed by atoms with Crippen LogP contribution in [-0.2, 0) is 25.5 Å². The van der Waals surface area contributed by atoms with E-state index in [1.165, 1.54) is 5.56 Å². The van der Waals surface area contributed by atoms with Gasteiger partial charge in [-0.1, -0.05) is 120 Å². The number of hydrogen-bond acceptors (Lipinski definition) is 19. The van der Waals surface area contributed by atoms with E-state index in [1.54, 1.807) is 24.3 Å². The molecule has 0 radical (unpaired) electrons. The number of aromatic amines is 2. The van der Waals surface area contributed by atoms with Gasteiger partial charge in [0.05, 0.1) is 85.3 Å². The van der Waals surface area contributed by atoms with Crippen LogP contribution in [0.5, 0.6) is 12.0 Å². The fourth-order valence-corrected chi connectivity index (χ4v) is 11.7. The molecular weight excluding hydrogens is 1110 g/mol. The Hall–Kier alpha value is -6.51. The highest BCUT2D eigenvalue weighted by Crippen LogP contribution is 2.37. The molecule has 8 atom stereocenters. The number of aliphatic hydroxyl groups excluding tert-OH is 6. The largest absolute Gasteiger partial charge is 0.456 e. The number of nitrogens with one attached hydrogen (secondary N) is 3. The summed E-state index contributed by atoms with van der Waals surface area (Å²) in [6, 6.07) is 36.0. The molecule has 0 bridgehead atoms. The first-order valence-electron chi connectivity index (χ1n) is 27.4. The number of aromatic nitrogens is 6. The van der Waals surface area contributed by atoms with Crippen molar-refractivity contribution < 1.29 is 63.9 Å². The van der Waals surface area contributed by atoms with Crippen LogP contribution in [0.15, 0.2) is 109 Å². The molecule has 21 nitrogen and oxygen atoms in total. The van der Waals surface area contributed by atoms with E-state index in [2.05, 4.69) is 59.4 Å². The number of ether oxygens (including phenoxy) is 6. The monoisotopic (exact) mass is 1170 g/mol. The Kier molecular flexibility index (Phi) is 16.6. The molecule has 4 aromatic carbocycles. The number of imidazole rings is 2. The number of pyridine rings is 2. The molecule has 0 aliphatic carbocycles. The highest BCUT2D eigenvalue weighted by molar-refractivity contribution is 6.34. The number of carbonyl (C=O) groups excluding carboxylic acids is 1. The van der Waals surface area contributed by atoms with Crippen molar-refractivity contribution in [2.24, 2.45) is 10.8 Å². The van der Waals surface area contributed by atoms with Gasteiger partial charge in [-0.05, 0) is 39.9 Å². The minimum Gasteiger partial charge on any atom is -0.456 e. The van der Waals surface area contributed by atoms with Gasteiger partial charge < -0.3 is 74.3 Å². The minimum atomic E-state index is -0.643. The van der Waals surface area contributed by atoms with Gasteiger partial charge in [-0.2, -0.15) is 9.97 Å². The molecule has 9 N–H and O–H groups in total. The number of rotatable bonds is 15. The van der Waals surface area contributed by atoms with Crippen LogP contribution in [0.1, 0.15) is 15.9 Å². The fraction of sp³-hybridized carbons (Fsp3) is 0.383. The number of halogens is 2. The van der Waals surface area contributed by atoms with Crippen LogP contribution in [0.4, 0.5) is 0 Å². The number of H-pyrrole nitrogens is 2. The van der Waals surface area contributed by atoms with Crippen LogP contribution >= 0.6 is 23.2 Å². The molecule has 23 heteroatoms. The quantitative estimate of drug-likeness (QED) is 0.0619. The Balaban J connectivity index is 0.000000146. The molecule has 4 aromatic heterocycles. The van der Waals surface area contributed by atoms with Gasteiger partial charge in [-0.3, -0.25) is 9.69 Å². The summed E-state index contributed by atoms with van der Waals surface area (Å²) in [7, 11) is 0. The third-order valence-electron chi connectivity index (χ3n) is 16.1. The Labute approximate surface area is 486 Å². The van der Waals surface area contributed by atoms with Crippen molar-refractivity contribution in [1.82, 2.24) is 40.1 Å². The van der Waals surface area contributed by atoms with Gasteiger partial charge in [-0.15, -0.1) is 0 Å². The second-order valence-corrected chi connectivity index (χ2v) is 22.9. The van der Waals surface area contributed by atoms with Crippen molar-refractivity contribution in [2.45, 2.75) is 55.4 Å². The van der Waals surface area contributed by atoms with E-state index in [0.29, 0.717) is 87.6 Å². The maximum absolute atomic E-state index is 10.9. The summed E-state index contributed by atoms with van der Waals surface area (Å²) in [5.74, 6) is 0. The number of likely N-dealkylation sites (tertiary alicyclic amines) is 1. The number of nitrogens with zero attached hydrogens (tertiary/aromatic N) is 5. The molecular formula is C60H62Cl2N8O13. The zero-order valence-electron chi connectivity index (χ0n) is 44.8. The van der Waals surface area contributed by atoms with Crippen molar-refractivity contribution in [2.75, 3.05) is 79.0 Å². The predicted octanol–water partition coefficient (Wildman–Crippen LogP) is 4.86. The summed E-state index contributed by atoms with van der Waals surface area (Å²) in [6.45, 7) is 5.01. The smallest absolute Gasteiger partial charge is 0.296 e. The van der Waals surface area contributed by atoms with Crippen molar-refractivity contribution >= 4 is 51.8 Å². The standard InChI is InChI=1S/C30H31ClN4O6.C25H20ClN3O5.C5H11NO2/c31-21-9-22-28(34-29(32-22)41-24-12-40-26-23(38)11-39-27(24)26)33-25(21)20-7-5-19(6-8-20)18-3-1-17(2-4-18)10-35-13-30(14-35,15-36)16-37;26-17-9-18-24(29-25(27-18)34-20-12-33-22-19(31)11-32-23(20)22)28-21(17)16-7-5-15(6-8-16)14-3-1-13(10-30)2-4-14;7-3-5(4-8)1-6-2-5/h1-9,23-24,26-27,36-38H,10-16H2,(H,32,33,34);1-10,19-20,22-23,31H,11-12H2,(H,27,28,29);6-8H,1-4H2/t23-,24-,26-,27-;19-,20-,22-,23-;/m11./s1. The van der Waals surface area contributed by atoms with Gasteiger partial charge in [0.25, 0.3) is 12.0 Å². The van der Waals surface area contributed by atoms with Crippen molar-refractivity contribution in [3.8, 4) is 56.8 Å². The molecule has 6 aliphatic rings. The lowest BCUT2D eigenvalue weighted by atomic mass is 9.81. The minimum absolute atomic E-state index is 0.0138. The van der Waals surface area contributed by atoms with E-state index in [1.807, 2.05) is 60.7 Å². The molecule has 6 aliphatic heterocycles. The van der Waals surface area contributed by atoms with Crippen LogP contribution in [0.25, 0.3) is 67.1 Å². The number of carbonyl (C=O) groups is 1. The van der Waals surface area contributed by atoms with Crippen LogP contribution in [0.3, 0.4) is 0 Å². The maximum Gasteiger partial charge on any atom is 0.296 e. The first-order chi connectivity index (χ1) is 40.3. The van der Waals surface area contributed by atoms with Gasteiger partial charge in [0, 0.05) is 60.2 Å². The van der Waals surface area contributed by atoms with Gasteiger partial charge >= 0.3 is 0 Å². The third kappa shape index (κ3) is 11.8. The summed E-state index contributed by atoms with van der Waals surface area (Å²) in [5, 5.41) is 60.1. The highest BCUT2D eigenvalue weighted by Gasteiger charge is 2.50. The van der Waals surface area contributed by atoms with E-state index in [-0.39, 0.29) is 87.1 Å². The van der Waals surface area contributed by atoms with Gasteiger partial charge in [0.1, 0.15) is 42.9 Å². The summed E-state index contributed by atoms with van der Waals surface area (Å²) in [5.41, 5.74) is 10.7. The zero-order valence-corrected chi connectivity index (χ0v) is 46.3. The van der Waals surface area contributed by atoms with Gasteiger partial charge in [-0.25, -0.2) is 9.97 Å². The Morgan fingerprint density at radius 2 is 0.940 bits per heavy atom. The summed E-state index contributed by atoms with van der Waals surface area (Å²) in [6.07, 6.45) is -2.62. The molecule has 83 heavy (non-hydrogen) atoms. The average Bonchev–Trinajstić information content (AvgIpc) is 4.48. The van der Waals surface area contributed by atoms with E-state index >= 15 is 0 Å². The topological polar surface area (TPSA) is 292 Å². The molecule has 0 amide bonds. The first-order valence-corrected chi connectivity index (χ1v) is 28.1. The predicted molar refractivity (Wildman–Crippen MR) is 306 cm³/mol. The molecule has 6 saturated heterocycles. The first kappa shape index (κ1) is 56.9. The Morgan fingerprint density at radius 1 is 0.542 bits per heavy atom. The number of fused-ring (bicyclic) bond motifs is 4. The number of hydrogen-bond donors (Lipinski definition) is 9. The molecule has 8 aromatic rings. The molecule has 10 heterocycles. The van der Waals surface area contributed by atoms with E-state index in [4.69, 9.17) is 66.8 Å². The van der Waals surface area contributed by atoms with Crippen molar-refractivity contribution in [3.63, 3.8) is 0 Å². The Morgan fingerprint density at radius 3 is 1.33 bits per heavy atom. The second kappa shape index (κ2) is 24.2. The van der Waals surface area contributed by atoms with Crippen LogP contribution in [0.2, 0.25) is 10.0 Å². The number of benzene rings is 4. The van der Waals surface area contributed by atoms with Crippen LogP contribution < -0.4 is 14.8 Å². The zero-order chi connectivity index (χ0) is 57.4. The van der Waals surface area contributed by atoms with Crippen molar-refractivity contribution in [3.05, 3.63) is 130 Å². The third-order valence-corrected chi connectivity index (χ3v) is 16.7. The second-order valence-electron chi connectivity index (χ2n) is 22.1. The lowest BCUT2D eigenvalue weighted by molar-refractivity contribution is -0.0786. The normalized spacial score (nSPS) is 24.7. The van der Waals surface area contributed by atoms with E-state index in [0.717, 1.165) is 59.3 Å².